The van der Waals surface area contributed by atoms with Crippen LogP contribution in [0.3, 0.4) is 0 Å². The van der Waals surface area contributed by atoms with Crippen molar-refractivity contribution in [3.63, 3.8) is 0 Å². The summed E-state index contributed by atoms with van der Waals surface area (Å²) in [5.74, 6) is 0.449. The third-order valence-electron chi connectivity index (χ3n) is 5.40. The third-order valence-corrected chi connectivity index (χ3v) is 5.70. The molecule has 0 saturated carbocycles. The zero-order valence-electron chi connectivity index (χ0n) is 20.1. The molecule has 0 fully saturated rings. The highest BCUT2D eigenvalue weighted by Gasteiger charge is 2.13. The highest BCUT2D eigenvalue weighted by Crippen LogP contribution is 2.24. The molecule has 0 spiro atoms. The first kappa shape index (κ1) is 26.9. The maximum Gasteiger partial charge on any atom is 0.338 e. The Morgan fingerprint density at radius 2 is 1.42 bits per heavy atom. The standard InChI is InChI=1S/C28H37ClO4/c1-4-5-6-7-8-9-10-27(30)33-26-17-15-23(16-18-26)22-11-13-24(14-12-22)28(31)32-20-25(29)19-21(2)3/h11-18,21,25H,4-10,19-20H2,1-3H3. The van der Waals surface area contributed by atoms with Crippen molar-refractivity contribution < 1.29 is 19.1 Å². The molecule has 33 heavy (non-hydrogen) atoms. The van der Waals surface area contributed by atoms with Gasteiger partial charge in [-0.05, 0) is 54.2 Å². The van der Waals surface area contributed by atoms with Crippen LogP contribution in [-0.2, 0) is 9.53 Å². The van der Waals surface area contributed by atoms with E-state index in [-0.39, 0.29) is 23.9 Å². The smallest absolute Gasteiger partial charge is 0.338 e. The van der Waals surface area contributed by atoms with Crippen LogP contribution in [0.2, 0.25) is 0 Å². The van der Waals surface area contributed by atoms with Gasteiger partial charge in [-0.15, -0.1) is 11.6 Å². The number of halogens is 1. The lowest BCUT2D eigenvalue weighted by molar-refractivity contribution is -0.134. The summed E-state index contributed by atoms with van der Waals surface area (Å²) in [6, 6.07) is 14.7. The van der Waals surface area contributed by atoms with Crippen LogP contribution in [0.25, 0.3) is 11.1 Å². The molecule has 0 heterocycles. The molecule has 0 saturated heterocycles. The normalized spacial score (nSPS) is 11.9. The Balaban J connectivity index is 1.80. The van der Waals surface area contributed by atoms with Gasteiger partial charge in [0.1, 0.15) is 12.4 Å². The Hall–Kier alpha value is -2.33. The highest BCUT2D eigenvalue weighted by atomic mass is 35.5. The minimum absolute atomic E-state index is 0.174. The maximum absolute atomic E-state index is 12.2. The van der Waals surface area contributed by atoms with E-state index in [1.54, 1.807) is 24.3 Å². The van der Waals surface area contributed by atoms with Crippen LogP contribution in [0, 0.1) is 5.92 Å². The zero-order chi connectivity index (χ0) is 24.1. The van der Waals surface area contributed by atoms with E-state index in [0.29, 0.717) is 23.7 Å². The summed E-state index contributed by atoms with van der Waals surface area (Å²) < 4.78 is 10.8. The first-order chi connectivity index (χ1) is 15.9. The van der Waals surface area contributed by atoms with Gasteiger partial charge in [-0.2, -0.15) is 0 Å². The topological polar surface area (TPSA) is 52.6 Å². The fourth-order valence-electron chi connectivity index (χ4n) is 3.58. The number of ether oxygens (including phenoxy) is 2. The summed E-state index contributed by atoms with van der Waals surface area (Å²) in [5, 5.41) is -0.174. The first-order valence-corrected chi connectivity index (χ1v) is 12.5. The van der Waals surface area contributed by atoms with E-state index < -0.39 is 0 Å². The van der Waals surface area contributed by atoms with Crippen molar-refractivity contribution in [2.75, 3.05) is 6.61 Å². The summed E-state index contributed by atoms with van der Waals surface area (Å²) in [6.45, 7) is 6.58. The van der Waals surface area contributed by atoms with Crippen molar-refractivity contribution in [1.82, 2.24) is 0 Å². The molecule has 0 aromatic heterocycles. The van der Waals surface area contributed by atoms with Gasteiger partial charge in [-0.25, -0.2) is 4.79 Å². The summed E-state index contributed by atoms with van der Waals surface area (Å²) >= 11 is 6.20. The number of alkyl halides is 1. The van der Waals surface area contributed by atoms with Gasteiger partial charge in [0.2, 0.25) is 0 Å². The van der Waals surface area contributed by atoms with Crippen LogP contribution in [0.15, 0.2) is 48.5 Å². The van der Waals surface area contributed by atoms with Gasteiger partial charge in [0.25, 0.3) is 0 Å². The van der Waals surface area contributed by atoms with Crippen molar-refractivity contribution >= 4 is 23.5 Å². The number of unbranched alkanes of at least 4 members (excludes halogenated alkanes) is 5. The quantitative estimate of drug-likeness (QED) is 0.122. The molecule has 0 bridgehead atoms. The Morgan fingerprint density at radius 3 is 2.03 bits per heavy atom. The molecular formula is C28H37ClO4. The van der Waals surface area contributed by atoms with Crippen LogP contribution in [0.1, 0.15) is 82.5 Å². The molecule has 0 N–H and O–H groups in total. The minimum atomic E-state index is -0.372. The van der Waals surface area contributed by atoms with Crippen LogP contribution in [0.5, 0.6) is 5.75 Å². The second-order valence-corrected chi connectivity index (χ2v) is 9.54. The predicted molar refractivity (Wildman–Crippen MR) is 135 cm³/mol. The van der Waals surface area contributed by atoms with Gasteiger partial charge >= 0.3 is 11.9 Å². The van der Waals surface area contributed by atoms with Crippen LogP contribution in [0.4, 0.5) is 0 Å². The Bertz CT molecular complexity index is 843. The molecular weight excluding hydrogens is 436 g/mol. The fourth-order valence-corrected chi connectivity index (χ4v) is 3.99. The van der Waals surface area contributed by atoms with Crippen molar-refractivity contribution in [1.29, 1.82) is 0 Å². The van der Waals surface area contributed by atoms with Gasteiger partial charge in [-0.1, -0.05) is 77.1 Å². The second-order valence-electron chi connectivity index (χ2n) is 8.92. The van der Waals surface area contributed by atoms with Gasteiger partial charge in [-0.3, -0.25) is 4.79 Å². The Morgan fingerprint density at radius 1 is 0.848 bits per heavy atom. The summed E-state index contributed by atoms with van der Waals surface area (Å²) in [7, 11) is 0. The molecule has 2 aromatic rings. The fraction of sp³-hybridized carbons (Fsp3) is 0.500. The lowest BCUT2D eigenvalue weighted by Crippen LogP contribution is -2.16. The predicted octanol–water partition coefficient (Wildman–Crippen LogP) is 7.82. The van der Waals surface area contributed by atoms with Gasteiger partial charge in [0, 0.05) is 6.42 Å². The van der Waals surface area contributed by atoms with Crippen molar-refractivity contribution in [2.45, 2.75) is 77.5 Å². The zero-order valence-corrected chi connectivity index (χ0v) is 20.9. The summed E-state index contributed by atoms with van der Waals surface area (Å²) in [6.07, 6.45) is 8.10. The molecule has 1 atom stereocenters. The summed E-state index contributed by atoms with van der Waals surface area (Å²) in [5.41, 5.74) is 2.43. The molecule has 180 valence electrons. The molecule has 0 aliphatic rings. The van der Waals surface area contributed by atoms with Crippen LogP contribution >= 0.6 is 11.6 Å². The lowest BCUT2D eigenvalue weighted by atomic mass is 10.0. The van der Waals surface area contributed by atoms with E-state index in [1.165, 1.54) is 25.7 Å². The number of rotatable bonds is 14. The SMILES string of the molecule is CCCCCCCCC(=O)Oc1ccc(-c2ccc(C(=O)OCC(Cl)CC(C)C)cc2)cc1. The molecule has 5 heteroatoms. The van der Waals surface area contributed by atoms with Gasteiger partial charge < -0.3 is 9.47 Å². The van der Waals surface area contributed by atoms with E-state index in [9.17, 15) is 9.59 Å². The number of benzene rings is 2. The molecule has 2 rings (SSSR count). The lowest BCUT2D eigenvalue weighted by Gasteiger charge is -2.12. The van der Waals surface area contributed by atoms with Crippen LogP contribution in [-0.4, -0.2) is 23.9 Å². The third kappa shape index (κ3) is 10.4. The minimum Gasteiger partial charge on any atom is -0.461 e. The Labute approximate surface area is 203 Å². The number of esters is 2. The van der Waals surface area contributed by atoms with Crippen LogP contribution < -0.4 is 4.74 Å². The van der Waals surface area contributed by atoms with E-state index in [2.05, 4.69) is 20.8 Å². The molecule has 0 radical (unpaired) electrons. The number of carbonyl (C=O) groups excluding carboxylic acids is 2. The van der Waals surface area contributed by atoms with E-state index >= 15 is 0 Å². The highest BCUT2D eigenvalue weighted by molar-refractivity contribution is 6.20. The molecule has 1 unspecified atom stereocenters. The van der Waals surface area contributed by atoms with Gasteiger partial charge in [0.05, 0.1) is 10.9 Å². The average Bonchev–Trinajstić information content (AvgIpc) is 2.80. The van der Waals surface area contributed by atoms with E-state index in [4.69, 9.17) is 21.1 Å². The van der Waals surface area contributed by atoms with Crippen molar-refractivity contribution in [3.05, 3.63) is 54.1 Å². The van der Waals surface area contributed by atoms with E-state index in [1.807, 2.05) is 24.3 Å². The molecule has 0 aliphatic carbocycles. The monoisotopic (exact) mass is 472 g/mol. The maximum atomic E-state index is 12.2. The number of hydrogen-bond acceptors (Lipinski definition) is 4. The molecule has 0 aliphatic heterocycles. The van der Waals surface area contributed by atoms with E-state index in [0.717, 1.165) is 30.4 Å². The second kappa shape index (κ2) is 14.7. The van der Waals surface area contributed by atoms with Crippen molar-refractivity contribution in [2.24, 2.45) is 5.92 Å². The molecule has 0 amide bonds. The molecule has 2 aromatic carbocycles. The first-order valence-electron chi connectivity index (χ1n) is 12.1. The largest absolute Gasteiger partial charge is 0.461 e. The average molecular weight is 473 g/mol. The summed E-state index contributed by atoms with van der Waals surface area (Å²) in [4.78, 5) is 24.3. The Kier molecular flexibility index (Phi) is 12.0. The van der Waals surface area contributed by atoms with Gasteiger partial charge in [0.15, 0.2) is 0 Å². The number of carbonyl (C=O) groups is 2. The molecule has 4 nitrogen and oxygen atoms in total. The number of hydrogen-bond donors (Lipinski definition) is 0. The van der Waals surface area contributed by atoms with Crippen molar-refractivity contribution in [3.8, 4) is 16.9 Å².